The van der Waals surface area contributed by atoms with E-state index < -0.39 is 5.97 Å². The summed E-state index contributed by atoms with van der Waals surface area (Å²) in [5.41, 5.74) is 0. The molecule has 0 radical (unpaired) electrons. The van der Waals surface area contributed by atoms with E-state index in [1.54, 1.807) is 0 Å². The number of hydrogen-bond acceptors (Lipinski definition) is 4. The van der Waals surface area contributed by atoms with Gasteiger partial charge in [0.2, 0.25) is 0 Å². The first-order chi connectivity index (χ1) is 10.3. The van der Waals surface area contributed by atoms with Gasteiger partial charge in [0.15, 0.2) is 0 Å². The van der Waals surface area contributed by atoms with Gasteiger partial charge in [-0.3, -0.25) is 4.79 Å². The van der Waals surface area contributed by atoms with Crippen LogP contribution in [-0.2, 0) is 4.79 Å². The fourth-order valence-corrected chi connectivity index (χ4v) is 2.18. The van der Waals surface area contributed by atoms with E-state index in [9.17, 15) is 4.79 Å². The minimum absolute atomic E-state index is 0.0401. The number of carbonyl (C=O) groups is 1. The van der Waals surface area contributed by atoms with Crippen molar-refractivity contribution in [1.82, 2.24) is 16.0 Å². The Morgan fingerprint density at radius 1 is 0.714 bits per heavy atom. The standard InChI is InChI=1S/C16H35N3O2/c1-2-3-4-5-6-7-8-9-10-17-11-12-18-13-14-19-15-16(20)21/h17-19H,2-15H2,1H3,(H,20,21). The molecular weight excluding hydrogens is 266 g/mol. The Morgan fingerprint density at radius 2 is 1.19 bits per heavy atom. The molecule has 0 heterocycles. The van der Waals surface area contributed by atoms with Crippen LogP contribution >= 0.6 is 0 Å². The molecule has 0 aliphatic heterocycles. The SMILES string of the molecule is CCCCCCCCCCNCCNCCNCC(=O)O. The van der Waals surface area contributed by atoms with Gasteiger partial charge in [0, 0.05) is 26.2 Å². The van der Waals surface area contributed by atoms with E-state index in [1.807, 2.05) is 0 Å². The van der Waals surface area contributed by atoms with Crippen molar-refractivity contribution in [3.63, 3.8) is 0 Å². The van der Waals surface area contributed by atoms with Gasteiger partial charge < -0.3 is 21.1 Å². The van der Waals surface area contributed by atoms with E-state index in [1.165, 1.54) is 51.4 Å². The Labute approximate surface area is 130 Å². The third kappa shape index (κ3) is 19.4. The van der Waals surface area contributed by atoms with Crippen LogP contribution in [0.25, 0.3) is 0 Å². The first-order valence-corrected chi connectivity index (χ1v) is 8.61. The van der Waals surface area contributed by atoms with Crippen molar-refractivity contribution < 1.29 is 9.90 Å². The normalized spacial score (nSPS) is 10.9. The molecule has 0 aromatic rings. The van der Waals surface area contributed by atoms with Crippen molar-refractivity contribution in [3.05, 3.63) is 0 Å². The molecule has 0 rings (SSSR count). The van der Waals surface area contributed by atoms with E-state index >= 15 is 0 Å². The Hall–Kier alpha value is -0.650. The number of nitrogens with one attached hydrogen (secondary N) is 3. The molecule has 0 aliphatic carbocycles. The second kappa shape index (κ2) is 17.4. The highest BCUT2D eigenvalue weighted by atomic mass is 16.4. The van der Waals surface area contributed by atoms with Crippen molar-refractivity contribution in [1.29, 1.82) is 0 Å². The number of aliphatic carboxylic acids is 1. The van der Waals surface area contributed by atoms with Crippen molar-refractivity contribution in [2.24, 2.45) is 0 Å². The minimum atomic E-state index is -0.804. The zero-order chi connectivity index (χ0) is 15.6. The van der Waals surface area contributed by atoms with Crippen molar-refractivity contribution in [2.75, 3.05) is 39.3 Å². The van der Waals surface area contributed by atoms with E-state index in [0.717, 1.165) is 26.2 Å². The minimum Gasteiger partial charge on any atom is -0.480 e. The average molecular weight is 301 g/mol. The topological polar surface area (TPSA) is 73.4 Å². The van der Waals surface area contributed by atoms with Crippen LogP contribution in [-0.4, -0.2) is 50.3 Å². The summed E-state index contributed by atoms with van der Waals surface area (Å²) in [6.45, 7) is 6.83. The molecule has 0 fully saturated rings. The molecule has 5 heteroatoms. The number of rotatable bonds is 17. The van der Waals surface area contributed by atoms with Crippen LogP contribution in [0, 0.1) is 0 Å². The quantitative estimate of drug-likeness (QED) is 0.309. The maximum Gasteiger partial charge on any atom is 0.317 e. The van der Waals surface area contributed by atoms with Gasteiger partial charge in [-0.1, -0.05) is 51.9 Å². The smallest absolute Gasteiger partial charge is 0.317 e. The van der Waals surface area contributed by atoms with E-state index in [4.69, 9.17) is 5.11 Å². The van der Waals surface area contributed by atoms with Gasteiger partial charge in [-0.15, -0.1) is 0 Å². The van der Waals surface area contributed by atoms with Crippen molar-refractivity contribution in [2.45, 2.75) is 58.3 Å². The third-order valence-electron chi connectivity index (χ3n) is 3.44. The average Bonchev–Trinajstić information content (AvgIpc) is 2.46. The van der Waals surface area contributed by atoms with Crippen molar-refractivity contribution in [3.8, 4) is 0 Å². The van der Waals surface area contributed by atoms with Gasteiger partial charge in [-0.05, 0) is 13.0 Å². The molecule has 0 atom stereocenters. The zero-order valence-corrected chi connectivity index (χ0v) is 13.8. The fourth-order valence-electron chi connectivity index (χ4n) is 2.18. The molecule has 4 N–H and O–H groups in total. The summed E-state index contributed by atoms with van der Waals surface area (Å²) in [5, 5.41) is 18.0. The van der Waals surface area contributed by atoms with Gasteiger partial charge in [-0.25, -0.2) is 0 Å². The second-order valence-electron chi connectivity index (χ2n) is 5.55. The summed E-state index contributed by atoms with van der Waals surface area (Å²) < 4.78 is 0. The Balaban J connectivity index is 2.95. The number of hydrogen-bond donors (Lipinski definition) is 4. The highest BCUT2D eigenvalue weighted by Gasteiger charge is 1.94. The molecule has 0 spiro atoms. The maximum atomic E-state index is 10.3. The summed E-state index contributed by atoms with van der Waals surface area (Å²) in [7, 11) is 0. The molecule has 21 heavy (non-hydrogen) atoms. The summed E-state index contributed by atoms with van der Waals surface area (Å²) in [4.78, 5) is 10.3. The van der Waals surface area contributed by atoms with Crippen LogP contribution < -0.4 is 16.0 Å². The monoisotopic (exact) mass is 301 g/mol. The van der Waals surface area contributed by atoms with E-state index in [2.05, 4.69) is 22.9 Å². The molecule has 0 amide bonds. The number of unbranched alkanes of at least 4 members (excludes halogenated alkanes) is 7. The largest absolute Gasteiger partial charge is 0.480 e. The van der Waals surface area contributed by atoms with Crippen LogP contribution in [0.15, 0.2) is 0 Å². The van der Waals surface area contributed by atoms with Gasteiger partial charge in [0.25, 0.3) is 0 Å². The van der Waals surface area contributed by atoms with Crippen LogP contribution in [0.1, 0.15) is 58.3 Å². The van der Waals surface area contributed by atoms with E-state index in [-0.39, 0.29) is 6.54 Å². The lowest BCUT2D eigenvalue weighted by Crippen LogP contribution is -2.34. The van der Waals surface area contributed by atoms with Gasteiger partial charge in [0.05, 0.1) is 6.54 Å². The molecule has 0 aromatic heterocycles. The molecule has 0 aromatic carbocycles. The molecule has 0 bridgehead atoms. The Bertz CT molecular complexity index is 226. The molecular formula is C16H35N3O2. The zero-order valence-electron chi connectivity index (χ0n) is 13.8. The lowest BCUT2D eigenvalue weighted by atomic mass is 10.1. The third-order valence-corrected chi connectivity index (χ3v) is 3.44. The van der Waals surface area contributed by atoms with Crippen LogP contribution in [0.2, 0.25) is 0 Å². The number of carboxylic acids is 1. The fraction of sp³-hybridized carbons (Fsp3) is 0.938. The molecule has 0 aliphatic rings. The molecule has 5 nitrogen and oxygen atoms in total. The summed E-state index contributed by atoms with van der Waals surface area (Å²) in [6.07, 6.45) is 10.9. The Kier molecular flexibility index (Phi) is 16.9. The highest BCUT2D eigenvalue weighted by molar-refractivity contribution is 5.68. The van der Waals surface area contributed by atoms with Crippen LogP contribution in [0.5, 0.6) is 0 Å². The Morgan fingerprint density at radius 3 is 1.76 bits per heavy atom. The van der Waals surface area contributed by atoms with Gasteiger partial charge in [-0.2, -0.15) is 0 Å². The van der Waals surface area contributed by atoms with Crippen LogP contribution in [0.3, 0.4) is 0 Å². The lowest BCUT2D eigenvalue weighted by Gasteiger charge is -2.07. The molecule has 126 valence electrons. The lowest BCUT2D eigenvalue weighted by molar-refractivity contribution is -0.135. The highest BCUT2D eigenvalue weighted by Crippen LogP contribution is 2.07. The second-order valence-corrected chi connectivity index (χ2v) is 5.55. The first kappa shape index (κ1) is 20.3. The molecule has 0 saturated carbocycles. The summed E-state index contributed by atoms with van der Waals surface area (Å²) >= 11 is 0. The van der Waals surface area contributed by atoms with E-state index in [0.29, 0.717) is 6.54 Å². The van der Waals surface area contributed by atoms with Gasteiger partial charge in [0.1, 0.15) is 0 Å². The van der Waals surface area contributed by atoms with Crippen LogP contribution in [0.4, 0.5) is 0 Å². The number of carboxylic acid groups (broad SMARTS) is 1. The van der Waals surface area contributed by atoms with Crippen molar-refractivity contribution >= 4 is 5.97 Å². The molecule has 0 unspecified atom stereocenters. The summed E-state index contributed by atoms with van der Waals surface area (Å²) in [5.74, 6) is -0.804. The predicted molar refractivity (Wildman–Crippen MR) is 88.9 cm³/mol. The molecule has 0 saturated heterocycles. The predicted octanol–water partition coefficient (Wildman–Crippen LogP) is 1.98. The first-order valence-electron chi connectivity index (χ1n) is 8.61. The van der Waals surface area contributed by atoms with Gasteiger partial charge >= 0.3 is 5.97 Å². The maximum absolute atomic E-state index is 10.3. The summed E-state index contributed by atoms with van der Waals surface area (Å²) in [6, 6.07) is 0.